The normalized spacial score (nSPS) is 15.5. The van der Waals surface area contributed by atoms with Crippen LogP contribution in [0.3, 0.4) is 0 Å². The predicted molar refractivity (Wildman–Crippen MR) is 102 cm³/mol. The van der Waals surface area contributed by atoms with Crippen molar-refractivity contribution in [3.8, 4) is 11.5 Å². The summed E-state index contributed by atoms with van der Waals surface area (Å²) in [6.07, 6.45) is 0.880. The third-order valence-corrected chi connectivity index (χ3v) is 4.79. The fourth-order valence-electron chi connectivity index (χ4n) is 3.24. The van der Waals surface area contributed by atoms with Crippen LogP contribution in [0.2, 0.25) is 0 Å². The van der Waals surface area contributed by atoms with Gasteiger partial charge in [-0.05, 0) is 45.3 Å². The lowest BCUT2D eigenvalue weighted by molar-refractivity contribution is -0.137. The third-order valence-electron chi connectivity index (χ3n) is 4.79. The van der Waals surface area contributed by atoms with Gasteiger partial charge in [0.1, 0.15) is 17.4 Å². The van der Waals surface area contributed by atoms with E-state index in [0.717, 1.165) is 37.2 Å². The molecule has 3 rings (SSSR count). The highest BCUT2D eigenvalue weighted by Crippen LogP contribution is 2.44. The van der Waals surface area contributed by atoms with Crippen LogP contribution < -0.4 is 4.74 Å². The summed E-state index contributed by atoms with van der Waals surface area (Å²) >= 11 is 0. The number of para-hydroxylation sites is 1. The number of rotatable bonds is 7. The first-order valence-electron chi connectivity index (χ1n) is 8.91. The van der Waals surface area contributed by atoms with E-state index in [-0.39, 0.29) is 0 Å². The van der Waals surface area contributed by atoms with Crippen LogP contribution in [0.25, 0.3) is 0 Å². The quantitative estimate of drug-likeness (QED) is 0.828. The molecule has 1 aliphatic heterocycles. The Balaban J connectivity index is 1.78. The SMILES string of the molecule is CN(C)CCN(C)CCc1ccc2c(c1)C(C(=O)O)c1ccccc1O2. The number of fused-ring (bicyclic) bond motifs is 2. The maximum Gasteiger partial charge on any atom is 0.315 e. The Bertz CT molecular complexity index is 789. The molecule has 0 saturated carbocycles. The van der Waals surface area contributed by atoms with Crippen LogP contribution in [0.4, 0.5) is 0 Å². The highest BCUT2D eigenvalue weighted by atomic mass is 16.5. The molecular formula is C21H26N2O3. The van der Waals surface area contributed by atoms with Crippen LogP contribution >= 0.6 is 0 Å². The lowest BCUT2D eigenvalue weighted by Crippen LogP contribution is -2.30. The molecule has 26 heavy (non-hydrogen) atoms. The first-order valence-corrected chi connectivity index (χ1v) is 8.91. The molecule has 0 amide bonds. The van der Waals surface area contributed by atoms with Gasteiger partial charge in [0.05, 0.1) is 0 Å². The number of carbonyl (C=O) groups is 1. The van der Waals surface area contributed by atoms with E-state index in [4.69, 9.17) is 4.74 Å². The van der Waals surface area contributed by atoms with Gasteiger partial charge in [0.15, 0.2) is 0 Å². The molecule has 1 N–H and O–H groups in total. The molecule has 138 valence electrons. The van der Waals surface area contributed by atoms with Crippen LogP contribution in [0.15, 0.2) is 42.5 Å². The van der Waals surface area contributed by atoms with Crippen molar-refractivity contribution in [2.45, 2.75) is 12.3 Å². The number of nitrogens with zero attached hydrogens (tertiary/aromatic N) is 2. The zero-order chi connectivity index (χ0) is 18.7. The van der Waals surface area contributed by atoms with Gasteiger partial charge in [-0.2, -0.15) is 0 Å². The van der Waals surface area contributed by atoms with E-state index in [1.807, 2.05) is 42.5 Å². The molecule has 0 bridgehead atoms. The molecule has 2 aromatic carbocycles. The maximum absolute atomic E-state index is 11.9. The Morgan fingerprint density at radius 1 is 1.00 bits per heavy atom. The van der Waals surface area contributed by atoms with Crippen molar-refractivity contribution in [1.82, 2.24) is 9.80 Å². The number of hydrogen-bond acceptors (Lipinski definition) is 4. The zero-order valence-electron chi connectivity index (χ0n) is 15.6. The molecule has 5 heteroatoms. The van der Waals surface area contributed by atoms with Crippen molar-refractivity contribution in [3.63, 3.8) is 0 Å². The fourth-order valence-corrected chi connectivity index (χ4v) is 3.24. The van der Waals surface area contributed by atoms with Crippen LogP contribution in [0.5, 0.6) is 11.5 Å². The van der Waals surface area contributed by atoms with Gasteiger partial charge in [0, 0.05) is 30.8 Å². The smallest absolute Gasteiger partial charge is 0.315 e. The number of carboxylic acid groups (broad SMARTS) is 1. The summed E-state index contributed by atoms with van der Waals surface area (Å²) in [7, 11) is 6.25. The van der Waals surface area contributed by atoms with Crippen molar-refractivity contribution in [2.24, 2.45) is 0 Å². The predicted octanol–water partition coefficient (Wildman–Crippen LogP) is 3.04. The minimum Gasteiger partial charge on any atom is -0.481 e. The molecule has 1 aliphatic rings. The van der Waals surface area contributed by atoms with Crippen molar-refractivity contribution in [1.29, 1.82) is 0 Å². The Kier molecular flexibility index (Phi) is 5.59. The summed E-state index contributed by atoms with van der Waals surface area (Å²) in [6.45, 7) is 2.96. The lowest BCUT2D eigenvalue weighted by atomic mass is 9.87. The first kappa shape index (κ1) is 18.4. The minimum absolute atomic E-state index is 0.628. The summed E-state index contributed by atoms with van der Waals surface area (Å²) in [6, 6.07) is 13.3. The van der Waals surface area contributed by atoms with Crippen LogP contribution in [0, 0.1) is 0 Å². The molecule has 0 radical (unpaired) electrons. The van der Waals surface area contributed by atoms with E-state index in [1.54, 1.807) is 0 Å². The summed E-state index contributed by atoms with van der Waals surface area (Å²) in [5, 5.41) is 9.79. The van der Waals surface area contributed by atoms with Crippen molar-refractivity contribution in [3.05, 3.63) is 59.2 Å². The highest BCUT2D eigenvalue weighted by molar-refractivity contribution is 5.84. The summed E-state index contributed by atoms with van der Waals surface area (Å²) < 4.78 is 5.92. The largest absolute Gasteiger partial charge is 0.481 e. The van der Waals surface area contributed by atoms with Crippen molar-refractivity contribution in [2.75, 3.05) is 40.8 Å². The Labute approximate surface area is 154 Å². The van der Waals surface area contributed by atoms with Gasteiger partial charge in [-0.25, -0.2) is 0 Å². The average molecular weight is 354 g/mol. The lowest BCUT2D eigenvalue weighted by Gasteiger charge is -2.26. The molecule has 5 nitrogen and oxygen atoms in total. The van der Waals surface area contributed by atoms with E-state index in [0.29, 0.717) is 17.1 Å². The minimum atomic E-state index is -0.845. The molecule has 1 atom stereocenters. The van der Waals surface area contributed by atoms with E-state index < -0.39 is 11.9 Å². The molecule has 0 spiro atoms. The molecule has 2 aromatic rings. The Morgan fingerprint density at radius 3 is 2.46 bits per heavy atom. The van der Waals surface area contributed by atoms with Gasteiger partial charge in [0.25, 0.3) is 0 Å². The molecule has 0 aliphatic carbocycles. The molecular weight excluding hydrogens is 328 g/mol. The fraction of sp³-hybridized carbons (Fsp3) is 0.381. The number of benzene rings is 2. The van der Waals surface area contributed by atoms with Gasteiger partial charge < -0.3 is 19.6 Å². The van der Waals surface area contributed by atoms with Crippen LogP contribution in [0.1, 0.15) is 22.6 Å². The topological polar surface area (TPSA) is 53.0 Å². The zero-order valence-corrected chi connectivity index (χ0v) is 15.6. The number of carboxylic acids is 1. The summed E-state index contributed by atoms with van der Waals surface area (Å²) in [4.78, 5) is 16.4. The number of likely N-dealkylation sites (N-methyl/N-ethyl adjacent to an activating group) is 2. The van der Waals surface area contributed by atoms with E-state index in [1.165, 1.54) is 0 Å². The van der Waals surface area contributed by atoms with E-state index >= 15 is 0 Å². The summed E-state index contributed by atoms with van der Waals surface area (Å²) in [5.41, 5.74) is 2.59. The number of hydrogen-bond donors (Lipinski definition) is 1. The molecule has 0 fully saturated rings. The highest BCUT2D eigenvalue weighted by Gasteiger charge is 2.32. The van der Waals surface area contributed by atoms with E-state index in [2.05, 4.69) is 30.9 Å². The molecule has 1 unspecified atom stereocenters. The second-order valence-corrected chi connectivity index (χ2v) is 7.14. The number of aliphatic carboxylic acids is 1. The van der Waals surface area contributed by atoms with Gasteiger partial charge in [-0.3, -0.25) is 4.79 Å². The number of ether oxygens (including phenoxy) is 1. The maximum atomic E-state index is 11.9. The molecule has 0 saturated heterocycles. The van der Waals surface area contributed by atoms with E-state index in [9.17, 15) is 9.90 Å². The van der Waals surface area contributed by atoms with Gasteiger partial charge in [0.2, 0.25) is 0 Å². The van der Waals surface area contributed by atoms with Crippen LogP contribution in [-0.4, -0.2) is 61.7 Å². The first-order chi connectivity index (χ1) is 12.5. The monoisotopic (exact) mass is 354 g/mol. The summed E-state index contributed by atoms with van der Waals surface area (Å²) in [5.74, 6) is -0.256. The third kappa shape index (κ3) is 4.06. The molecule has 1 heterocycles. The van der Waals surface area contributed by atoms with Crippen molar-refractivity contribution >= 4 is 5.97 Å². The second-order valence-electron chi connectivity index (χ2n) is 7.14. The molecule has 0 aromatic heterocycles. The second kappa shape index (κ2) is 7.89. The Morgan fingerprint density at radius 2 is 1.73 bits per heavy atom. The van der Waals surface area contributed by atoms with Gasteiger partial charge >= 0.3 is 5.97 Å². The van der Waals surface area contributed by atoms with Gasteiger partial charge in [-0.1, -0.05) is 30.3 Å². The van der Waals surface area contributed by atoms with Crippen molar-refractivity contribution < 1.29 is 14.6 Å². The Hall–Kier alpha value is -2.37. The standard InChI is InChI=1S/C21H26N2O3/c1-22(2)12-13-23(3)11-10-15-8-9-19-17(14-15)20(21(24)25)16-6-4-5-7-18(16)26-19/h4-9,14,20H,10-13H2,1-3H3,(H,24,25). The average Bonchev–Trinajstić information content (AvgIpc) is 2.62. The van der Waals surface area contributed by atoms with Crippen LogP contribution in [-0.2, 0) is 11.2 Å². The van der Waals surface area contributed by atoms with Gasteiger partial charge in [-0.15, -0.1) is 0 Å².